The summed E-state index contributed by atoms with van der Waals surface area (Å²) in [5.74, 6) is -0.739. The largest absolute Gasteiger partial charge is 0.369 e. The van der Waals surface area contributed by atoms with Crippen LogP contribution in [0.1, 0.15) is 30.0 Å². The van der Waals surface area contributed by atoms with E-state index in [2.05, 4.69) is 11.1 Å². The summed E-state index contributed by atoms with van der Waals surface area (Å²) in [4.78, 5) is 15.0. The summed E-state index contributed by atoms with van der Waals surface area (Å²) >= 11 is 0. The highest BCUT2D eigenvalue weighted by molar-refractivity contribution is 5.93. The number of aromatic nitrogens is 1. The Labute approximate surface area is 116 Å². The average molecular weight is 269 g/mol. The molecule has 2 unspecified atom stereocenters. The number of amides is 1. The lowest BCUT2D eigenvalue weighted by molar-refractivity contribution is -0.120. The van der Waals surface area contributed by atoms with Crippen molar-refractivity contribution in [3.05, 3.63) is 35.5 Å². The second kappa shape index (κ2) is 4.36. The van der Waals surface area contributed by atoms with Gasteiger partial charge in [0, 0.05) is 18.0 Å². The van der Waals surface area contributed by atoms with Crippen molar-refractivity contribution in [2.45, 2.75) is 24.4 Å². The van der Waals surface area contributed by atoms with Crippen LogP contribution in [0.15, 0.2) is 24.3 Å². The van der Waals surface area contributed by atoms with Crippen molar-refractivity contribution in [1.82, 2.24) is 4.98 Å². The summed E-state index contributed by atoms with van der Waals surface area (Å²) in [5, 5.41) is 10.5. The Kier molecular flexibility index (Phi) is 2.77. The highest BCUT2D eigenvalue weighted by Gasteiger charge is 2.44. The molecule has 1 heterocycles. The number of nitrogens with one attached hydrogen (secondary N) is 1. The molecular weight excluding hydrogens is 254 g/mol. The first-order chi connectivity index (χ1) is 9.63. The quantitative estimate of drug-likeness (QED) is 0.872. The van der Waals surface area contributed by atoms with Crippen LogP contribution in [0.5, 0.6) is 0 Å². The molecule has 5 heteroatoms. The van der Waals surface area contributed by atoms with E-state index in [1.54, 1.807) is 0 Å². The Hall–Kier alpha value is -2.32. The summed E-state index contributed by atoms with van der Waals surface area (Å²) in [6.45, 7) is 0. The second-order valence-electron chi connectivity index (χ2n) is 5.10. The van der Waals surface area contributed by atoms with Crippen molar-refractivity contribution in [2.75, 3.05) is 7.11 Å². The van der Waals surface area contributed by atoms with Gasteiger partial charge in [-0.1, -0.05) is 18.2 Å². The zero-order valence-corrected chi connectivity index (χ0v) is 11.1. The van der Waals surface area contributed by atoms with Crippen LogP contribution in [0.2, 0.25) is 0 Å². The van der Waals surface area contributed by atoms with Gasteiger partial charge in [0.05, 0.1) is 11.6 Å². The Morgan fingerprint density at radius 1 is 1.55 bits per heavy atom. The van der Waals surface area contributed by atoms with Gasteiger partial charge < -0.3 is 15.5 Å². The number of H-pyrrole nitrogens is 1. The van der Waals surface area contributed by atoms with Gasteiger partial charge >= 0.3 is 0 Å². The standard InChI is InChI=1S/C15H15N3O2/c1-20-15(8-16)7-6-10(14(17)19)12-9-4-2-3-5-11(9)18-13(12)15/h2-5,10,18H,6-7H2,1H3,(H2,17,19). The maximum Gasteiger partial charge on any atom is 0.225 e. The van der Waals surface area contributed by atoms with E-state index in [0.29, 0.717) is 18.5 Å². The molecule has 5 nitrogen and oxygen atoms in total. The van der Waals surface area contributed by atoms with Gasteiger partial charge in [0.15, 0.2) is 5.60 Å². The molecule has 2 atom stereocenters. The zero-order chi connectivity index (χ0) is 14.3. The topological polar surface area (TPSA) is 91.9 Å². The number of hydrogen-bond donors (Lipinski definition) is 2. The number of aromatic amines is 1. The fourth-order valence-corrected chi connectivity index (χ4v) is 3.11. The predicted molar refractivity (Wildman–Crippen MR) is 73.8 cm³/mol. The molecule has 1 aliphatic rings. The van der Waals surface area contributed by atoms with Crippen LogP contribution >= 0.6 is 0 Å². The predicted octanol–water partition coefficient (Wildman–Crippen LogP) is 1.90. The Morgan fingerprint density at radius 2 is 2.30 bits per heavy atom. The molecule has 1 aliphatic carbocycles. The summed E-state index contributed by atoms with van der Waals surface area (Å²) in [7, 11) is 1.52. The number of methoxy groups -OCH3 is 1. The first kappa shape index (κ1) is 12.7. The van der Waals surface area contributed by atoms with Crippen molar-refractivity contribution in [1.29, 1.82) is 5.26 Å². The monoisotopic (exact) mass is 269 g/mol. The molecule has 3 N–H and O–H groups in total. The second-order valence-corrected chi connectivity index (χ2v) is 5.10. The fraction of sp³-hybridized carbons (Fsp3) is 0.333. The van der Waals surface area contributed by atoms with Gasteiger partial charge in [-0.25, -0.2) is 0 Å². The van der Waals surface area contributed by atoms with Gasteiger partial charge in [-0.15, -0.1) is 0 Å². The summed E-state index contributed by atoms with van der Waals surface area (Å²) in [5.41, 5.74) is 6.86. The van der Waals surface area contributed by atoms with Crippen LogP contribution in [0.4, 0.5) is 0 Å². The number of ether oxygens (including phenoxy) is 1. The molecule has 0 bridgehead atoms. The van der Waals surface area contributed by atoms with Gasteiger partial charge in [0.2, 0.25) is 5.91 Å². The van der Waals surface area contributed by atoms with E-state index in [9.17, 15) is 10.1 Å². The van der Waals surface area contributed by atoms with Crippen LogP contribution in [0.25, 0.3) is 10.9 Å². The van der Waals surface area contributed by atoms with E-state index in [-0.39, 0.29) is 11.8 Å². The maximum absolute atomic E-state index is 11.7. The summed E-state index contributed by atoms with van der Waals surface area (Å²) in [6, 6.07) is 9.91. The Bertz CT molecular complexity index is 728. The molecule has 0 saturated carbocycles. The summed E-state index contributed by atoms with van der Waals surface area (Å²) in [6.07, 6.45) is 0.971. The molecule has 1 amide bonds. The molecule has 0 aliphatic heterocycles. The third-order valence-corrected chi connectivity index (χ3v) is 4.16. The lowest BCUT2D eigenvalue weighted by Crippen LogP contribution is -2.36. The number of hydrogen-bond acceptors (Lipinski definition) is 3. The third-order valence-electron chi connectivity index (χ3n) is 4.16. The van der Waals surface area contributed by atoms with Gasteiger partial charge in [0.25, 0.3) is 0 Å². The zero-order valence-electron chi connectivity index (χ0n) is 11.1. The number of nitriles is 1. The number of carbonyl (C=O) groups excluding carboxylic acids is 1. The fourth-order valence-electron chi connectivity index (χ4n) is 3.11. The van der Waals surface area contributed by atoms with E-state index >= 15 is 0 Å². The number of nitrogens with zero attached hydrogens (tertiary/aromatic N) is 1. The minimum absolute atomic E-state index is 0.362. The van der Waals surface area contributed by atoms with E-state index in [4.69, 9.17) is 10.5 Å². The van der Waals surface area contributed by atoms with Gasteiger partial charge in [-0.05, 0) is 24.5 Å². The first-order valence-corrected chi connectivity index (χ1v) is 6.50. The van der Waals surface area contributed by atoms with Crippen LogP contribution < -0.4 is 5.73 Å². The van der Waals surface area contributed by atoms with Crippen molar-refractivity contribution in [3.8, 4) is 6.07 Å². The number of carbonyl (C=O) groups is 1. The number of benzene rings is 1. The number of nitrogens with two attached hydrogens (primary N) is 1. The number of fused-ring (bicyclic) bond motifs is 3. The highest BCUT2D eigenvalue weighted by atomic mass is 16.5. The average Bonchev–Trinajstić information content (AvgIpc) is 2.86. The van der Waals surface area contributed by atoms with Crippen molar-refractivity contribution < 1.29 is 9.53 Å². The molecule has 2 aromatic rings. The van der Waals surface area contributed by atoms with E-state index in [0.717, 1.165) is 16.5 Å². The molecule has 20 heavy (non-hydrogen) atoms. The van der Waals surface area contributed by atoms with E-state index in [1.807, 2.05) is 24.3 Å². The van der Waals surface area contributed by atoms with Crippen molar-refractivity contribution in [2.24, 2.45) is 5.73 Å². The lowest BCUT2D eigenvalue weighted by atomic mass is 9.77. The number of para-hydroxylation sites is 1. The minimum atomic E-state index is -1.03. The lowest BCUT2D eigenvalue weighted by Gasteiger charge is -2.32. The molecule has 0 spiro atoms. The van der Waals surface area contributed by atoms with Gasteiger partial charge in [0.1, 0.15) is 6.07 Å². The Balaban J connectivity index is 2.35. The molecule has 3 rings (SSSR count). The molecule has 1 aromatic heterocycles. The molecule has 102 valence electrons. The smallest absolute Gasteiger partial charge is 0.225 e. The Morgan fingerprint density at radius 3 is 2.95 bits per heavy atom. The van der Waals surface area contributed by atoms with Crippen LogP contribution in [-0.4, -0.2) is 18.0 Å². The first-order valence-electron chi connectivity index (χ1n) is 6.50. The third kappa shape index (κ3) is 1.55. The van der Waals surface area contributed by atoms with Crippen LogP contribution in [0, 0.1) is 11.3 Å². The van der Waals surface area contributed by atoms with Crippen molar-refractivity contribution >= 4 is 16.8 Å². The number of rotatable bonds is 2. The summed E-state index contributed by atoms with van der Waals surface area (Å²) < 4.78 is 5.47. The SMILES string of the molecule is COC1(C#N)CCC(C(N)=O)c2c1[nH]c1ccccc21. The van der Waals surface area contributed by atoms with Gasteiger partial charge in [-0.2, -0.15) is 5.26 Å². The van der Waals surface area contributed by atoms with Gasteiger partial charge in [-0.3, -0.25) is 4.79 Å². The van der Waals surface area contributed by atoms with Crippen LogP contribution in [0.3, 0.4) is 0 Å². The maximum atomic E-state index is 11.7. The number of primary amides is 1. The highest BCUT2D eigenvalue weighted by Crippen LogP contribution is 2.45. The molecular formula is C15H15N3O2. The molecule has 1 aromatic carbocycles. The van der Waals surface area contributed by atoms with E-state index in [1.165, 1.54) is 7.11 Å². The van der Waals surface area contributed by atoms with Crippen molar-refractivity contribution in [3.63, 3.8) is 0 Å². The minimum Gasteiger partial charge on any atom is -0.369 e. The van der Waals surface area contributed by atoms with E-state index < -0.39 is 5.60 Å². The molecule has 0 radical (unpaired) electrons. The molecule has 0 saturated heterocycles. The van der Waals surface area contributed by atoms with Crippen LogP contribution in [-0.2, 0) is 15.1 Å². The normalized spacial score (nSPS) is 25.1. The molecule has 0 fully saturated rings.